The number of ether oxygens (including phenoxy) is 1. The summed E-state index contributed by atoms with van der Waals surface area (Å²) in [4.78, 5) is 16.3. The Labute approximate surface area is 161 Å². The summed E-state index contributed by atoms with van der Waals surface area (Å²) >= 11 is 6.94. The predicted molar refractivity (Wildman–Crippen MR) is 104 cm³/mol. The third-order valence-corrected chi connectivity index (χ3v) is 4.96. The van der Waals surface area contributed by atoms with Crippen LogP contribution >= 0.6 is 31.9 Å². The van der Waals surface area contributed by atoms with Crippen LogP contribution in [-0.2, 0) is 11.3 Å². The van der Waals surface area contributed by atoms with Crippen molar-refractivity contribution in [3.8, 4) is 0 Å². The lowest BCUT2D eigenvalue weighted by atomic mass is 9.92. The predicted octanol–water partition coefficient (Wildman–Crippen LogP) is 4.78. The van der Waals surface area contributed by atoms with E-state index in [0.717, 1.165) is 27.5 Å². The lowest BCUT2D eigenvalue weighted by Crippen LogP contribution is -2.53. The molecular weight excluding hydrogens is 438 g/mol. The lowest BCUT2D eigenvalue weighted by molar-refractivity contribution is 0.0507. The molecular formula is C17H27Br2N3O2. The Morgan fingerprint density at radius 2 is 1.88 bits per heavy atom. The normalized spacial score (nSPS) is 12.1. The molecule has 0 saturated heterocycles. The van der Waals surface area contributed by atoms with Gasteiger partial charge in [-0.25, -0.2) is 4.79 Å². The van der Waals surface area contributed by atoms with Gasteiger partial charge in [0.15, 0.2) is 0 Å². The molecule has 5 nitrogen and oxygen atoms in total. The van der Waals surface area contributed by atoms with Gasteiger partial charge in [0.25, 0.3) is 0 Å². The number of hydrogen-bond acceptors (Lipinski definition) is 4. The van der Waals surface area contributed by atoms with Crippen LogP contribution in [0.3, 0.4) is 0 Å². The van der Waals surface area contributed by atoms with Crippen molar-refractivity contribution in [2.45, 2.75) is 65.1 Å². The molecule has 1 rings (SSSR count). The van der Waals surface area contributed by atoms with Gasteiger partial charge in [0.2, 0.25) is 0 Å². The first-order valence-electron chi connectivity index (χ1n) is 8.12. The highest BCUT2D eigenvalue weighted by Crippen LogP contribution is 2.21. The standard InChI is InChI=1S/C17H27Br2N3O2/c1-6-17(7-2,11-21-15(23)24-16(3,4)5)22-10-14-13(19)8-12(18)9-20-14/h8-9,22H,6-7,10-11H2,1-5H3,(H,21,23). The summed E-state index contributed by atoms with van der Waals surface area (Å²) in [5, 5.41) is 6.43. The number of aromatic nitrogens is 1. The number of carbonyl (C=O) groups is 1. The van der Waals surface area contributed by atoms with Crippen LogP contribution in [0.5, 0.6) is 0 Å². The van der Waals surface area contributed by atoms with Crippen LogP contribution in [0.4, 0.5) is 4.79 Å². The van der Waals surface area contributed by atoms with E-state index in [1.165, 1.54) is 0 Å². The third-order valence-electron chi connectivity index (χ3n) is 3.84. The molecule has 1 amide bonds. The van der Waals surface area contributed by atoms with E-state index < -0.39 is 11.7 Å². The Morgan fingerprint density at radius 3 is 2.38 bits per heavy atom. The molecule has 0 atom stereocenters. The van der Waals surface area contributed by atoms with Crippen molar-refractivity contribution in [1.82, 2.24) is 15.6 Å². The first-order chi connectivity index (χ1) is 11.1. The van der Waals surface area contributed by atoms with Gasteiger partial charge >= 0.3 is 6.09 Å². The van der Waals surface area contributed by atoms with Crippen molar-refractivity contribution in [3.05, 3.63) is 26.9 Å². The topological polar surface area (TPSA) is 63.2 Å². The maximum Gasteiger partial charge on any atom is 0.407 e. The molecule has 0 bridgehead atoms. The Morgan fingerprint density at radius 1 is 1.25 bits per heavy atom. The average Bonchev–Trinajstić information content (AvgIpc) is 2.48. The van der Waals surface area contributed by atoms with Crippen LogP contribution in [0.15, 0.2) is 21.2 Å². The number of nitrogens with zero attached hydrogens (tertiary/aromatic N) is 1. The molecule has 2 N–H and O–H groups in total. The molecule has 1 aromatic rings. The van der Waals surface area contributed by atoms with Crippen LogP contribution in [0.1, 0.15) is 53.2 Å². The van der Waals surface area contributed by atoms with Gasteiger partial charge in [0.05, 0.1) is 5.69 Å². The smallest absolute Gasteiger partial charge is 0.407 e. The largest absolute Gasteiger partial charge is 0.444 e. The zero-order chi connectivity index (χ0) is 18.4. The molecule has 0 spiro atoms. The van der Waals surface area contributed by atoms with Crippen molar-refractivity contribution >= 4 is 38.0 Å². The highest BCUT2D eigenvalue weighted by Gasteiger charge is 2.27. The molecule has 0 aliphatic carbocycles. The van der Waals surface area contributed by atoms with Crippen molar-refractivity contribution in [2.75, 3.05) is 6.54 Å². The average molecular weight is 465 g/mol. The van der Waals surface area contributed by atoms with Crippen LogP contribution < -0.4 is 10.6 Å². The number of rotatable bonds is 7. The molecule has 24 heavy (non-hydrogen) atoms. The number of amides is 1. The summed E-state index contributed by atoms with van der Waals surface area (Å²) in [5.41, 5.74) is 0.234. The fraction of sp³-hybridized carbons (Fsp3) is 0.647. The zero-order valence-electron chi connectivity index (χ0n) is 15.0. The molecule has 0 aromatic carbocycles. The van der Waals surface area contributed by atoms with Crippen molar-refractivity contribution in [1.29, 1.82) is 0 Å². The number of halogens is 2. The Hall–Kier alpha value is -0.660. The molecule has 0 aliphatic heterocycles. The van der Waals surface area contributed by atoms with E-state index in [1.807, 2.05) is 26.8 Å². The lowest BCUT2D eigenvalue weighted by Gasteiger charge is -2.33. The van der Waals surface area contributed by atoms with E-state index in [2.05, 4.69) is 61.3 Å². The van der Waals surface area contributed by atoms with Gasteiger partial charge in [-0.1, -0.05) is 13.8 Å². The number of alkyl carbamates (subject to hydrolysis) is 1. The van der Waals surface area contributed by atoms with Gasteiger partial charge < -0.3 is 15.4 Å². The van der Waals surface area contributed by atoms with E-state index in [4.69, 9.17) is 4.74 Å². The SMILES string of the molecule is CCC(CC)(CNC(=O)OC(C)(C)C)NCc1ncc(Br)cc1Br. The van der Waals surface area contributed by atoms with Gasteiger partial charge in [-0.15, -0.1) is 0 Å². The van der Waals surface area contributed by atoms with Crippen molar-refractivity contribution < 1.29 is 9.53 Å². The summed E-state index contributed by atoms with van der Waals surface area (Å²) in [6.07, 6.45) is 3.15. The van der Waals surface area contributed by atoms with E-state index in [-0.39, 0.29) is 5.54 Å². The summed E-state index contributed by atoms with van der Waals surface area (Å²) in [6, 6.07) is 1.97. The second kappa shape index (κ2) is 9.15. The van der Waals surface area contributed by atoms with E-state index in [1.54, 1.807) is 6.20 Å². The summed E-state index contributed by atoms with van der Waals surface area (Å²) in [5.74, 6) is 0. The second-order valence-corrected chi connectivity index (χ2v) is 8.55. The fourth-order valence-electron chi connectivity index (χ4n) is 2.21. The monoisotopic (exact) mass is 463 g/mol. The number of hydrogen-bond donors (Lipinski definition) is 2. The molecule has 1 heterocycles. The molecule has 1 aromatic heterocycles. The fourth-order valence-corrected chi connectivity index (χ4v) is 3.34. The molecule has 7 heteroatoms. The van der Waals surface area contributed by atoms with Crippen LogP contribution in [-0.4, -0.2) is 28.8 Å². The van der Waals surface area contributed by atoms with Crippen molar-refractivity contribution in [3.63, 3.8) is 0 Å². The maximum absolute atomic E-state index is 11.9. The van der Waals surface area contributed by atoms with Gasteiger partial charge in [0.1, 0.15) is 5.60 Å². The molecule has 0 unspecified atom stereocenters. The number of nitrogens with one attached hydrogen (secondary N) is 2. The molecule has 0 aliphatic rings. The molecule has 136 valence electrons. The minimum absolute atomic E-state index is 0.203. The second-order valence-electron chi connectivity index (χ2n) is 6.78. The third kappa shape index (κ3) is 7.07. The quantitative estimate of drug-likeness (QED) is 0.609. The van der Waals surface area contributed by atoms with Crippen molar-refractivity contribution in [2.24, 2.45) is 0 Å². The Balaban J connectivity index is 2.68. The first-order valence-corrected chi connectivity index (χ1v) is 9.71. The summed E-state index contributed by atoms with van der Waals surface area (Å²) in [7, 11) is 0. The zero-order valence-corrected chi connectivity index (χ0v) is 18.2. The Bertz CT molecular complexity index is 555. The molecule has 0 radical (unpaired) electrons. The van der Waals surface area contributed by atoms with Crippen LogP contribution in [0.25, 0.3) is 0 Å². The van der Waals surface area contributed by atoms with Crippen LogP contribution in [0, 0.1) is 0 Å². The summed E-state index contributed by atoms with van der Waals surface area (Å²) < 4.78 is 7.20. The van der Waals surface area contributed by atoms with E-state index in [9.17, 15) is 4.79 Å². The van der Waals surface area contributed by atoms with Gasteiger partial charge in [0, 0.05) is 33.8 Å². The highest BCUT2D eigenvalue weighted by atomic mass is 79.9. The van der Waals surface area contributed by atoms with Gasteiger partial charge in [-0.3, -0.25) is 4.98 Å². The van der Waals surface area contributed by atoms with Gasteiger partial charge in [-0.05, 0) is 71.5 Å². The van der Waals surface area contributed by atoms with E-state index in [0.29, 0.717) is 13.1 Å². The minimum atomic E-state index is -0.495. The van der Waals surface area contributed by atoms with E-state index >= 15 is 0 Å². The number of carbonyl (C=O) groups excluding carboxylic acids is 1. The first kappa shape index (κ1) is 21.4. The summed E-state index contributed by atoms with van der Waals surface area (Å²) in [6.45, 7) is 10.9. The van der Waals surface area contributed by atoms with Crippen LogP contribution in [0.2, 0.25) is 0 Å². The van der Waals surface area contributed by atoms with Gasteiger partial charge in [-0.2, -0.15) is 0 Å². The maximum atomic E-state index is 11.9. The number of pyridine rings is 1. The molecule has 0 fully saturated rings. The minimum Gasteiger partial charge on any atom is -0.444 e. The Kier molecular flexibility index (Phi) is 8.15. The highest BCUT2D eigenvalue weighted by molar-refractivity contribution is 9.11. The molecule has 0 saturated carbocycles.